The van der Waals surface area contributed by atoms with E-state index in [1.165, 1.54) is 44.9 Å². The molecule has 460 valence electrons. The number of phosphoric acid groups is 1. The average molecular weight is 1160 g/mol. The predicted octanol–water partition coefficient (Wildman–Crippen LogP) is 3.48. The molecule has 3 fully saturated rings. The summed E-state index contributed by atoms with van der Waals surface area (Å²) < 4.78 is 58.0. The van der Waals surface area contributed by atoms with Crippen LogP contribution in [0.25, 0.3) is 0 Å². The van der Waals surface area contributed by atoms with Gasteiger partial charge in [-0.25, -0.2) is 4.57 Å². The zero-order valence-corrected chi connectivity index (χ0v) is 47.3. The first kappa shape index (κ1) is 70.9. The van der Waals surface area contributed by atoms with E-state index in [0.29, 0.717) is 19.3 Å². The van der Waals surface area contributed by atoms with Crippen LogP contribution in [0.4, 0.5) is 0 Å². The summed E-state index contributed by atoms with van der Waals surface area (Å²) in [6, 6.07) is 0. The quantitative estimate of drug-likeness (QED) is 0.0180. The molecule has 2 saturated heterocycles. The minimum absolute atomic E-state index is 0.0340. The number of unbranched alkanes of at least 4 members (excludes halogenated alkanes) is 17. The second-order valence-corrected chi connectivity index (χ2v) is 22.2. The van der Waals surface area contributed by atoms with Gasteiger partial charge in [-0.2, -0.15) is 0 Å². The van der Waals surface area contributed by atoms with Crippen molar-refractivity contribution in [3.8, 4) is 0 Å². The summed E-state index contributed by atoms with van der Waals surface area (Å²) in [5, 5.41) is 117. The van der Waals surface area contributed by atoms with Crippen molar-refractivity contribution in [3.05, 3.63) is 36.5 Å². The lowest BCUT2D eigenvalue weighted by atomic mass is 9.84. The Morgan fingerprint density at radius 3 is 1.34 bits per heavy atom. The van der Waals surface area contributed by atoms with E-state index >= 15 is 0 Å². The molecule has 23 nitrogen and oxygen atoms in total. The Labute approximate surface area is 466 Å². The topological polar surface area (TPSA) is 368 Å². The van der Waals surface area contributed by atoms with E-state index in [4.69, 9.17) is 37.5 Å². The maximum Gasteiger partial charge on any atom is 0.472 e. The van der Waals surface area contributed by atoms with Crippen molar-refractivity contribution < 1.29 is 113 Å². The summed E-state index contributed by atoms with van der Waals surface area (Å²) in [7, 11) is -5.64. The highest BCUT2D eigenvalue weighted by atomic mass is 31.2. The van der Waals surface area contributed by atoms with Gasteiger partial charge in [0.05, 0.1) is 19.8 Å². The Hall–Kier alpha value is -2.33. The zero-order valence-electron chi connectivity index (χ0n) is 46.4. The number of aliphatic hydroxyl groups is 11. The van der Waals surface area contributed by atoms with Crippen molar-refractivity contribution in [2.45, 2.75) is 272 Å². The van der Waals surface area contributed by atoms with Crippen LogP contribution in [0.3, 0.4) is 0 Å². The van der Waals surface area contributed by atoms with Gasteiger partial charge in [-0.1, -0.05) is 121 Å². The van der Waals surface area contributed by atoms with Crippen LogP contribution < -0.4 is 0 Å². The molecule has 0 bridgehead atoms. The van der Waals surface area contributed by atoms with Crippen LogP contribution in [0.1, 0.15) is 168 Å². The van der Waals surface area contributed by atoms with Crippen molar-refractivity contribution in [2.75, 3.05) is 26.4 Å². The fourth-order valence-corrected chi connectivity index (χ4v) is 10.3. The highest BCUT2D eigenvalue weighted by Gasteiger charge is 2.58. The summed E-state index contributed by atoms with van der Waals surface area (Å²) in [6.45, 7) is 0.924. The van der Waals surface area contributed by atoms with Gasteiger partial charge in [-0.15, -0.1) is 0 Å². The molecular formula is C55H97O23P. The van der Waals surface area contributed by atoms with Gasteiger partial charge in [0.2, 0.25) is 0 Å². The number of rotatable bonds is 41. The number of aliphatic hydroxyl groups excluding tert-OH is 11. The van der Waals surface area contributed by atoms with E-state index in [1.54, 1.807) is 0 Å². The molecule has 0 aromatic carbocycles. The van der Waals surface area contributed by atoms with Gasteiger partial charge >= 0.3 is 19.8 Å². The minimum atomic E-state index is -5.64. The summed E-state index contributed by atoms with van der Waals surface area (Å²) in [5.41, 5.74) is 0. The average Bonchev–Trinajstić information content (AvgIpc) is 3.57. The number of phosphoric ester groups is 1. The van der Waals surface area contributed by atoms with E-state index in [9.17, 15) is 75.2 Å². The third-order valence-corrected chi connectivity index (χ3v) is 15.2. The molecule has 2 heterocycles. The first-order valence-electron chi connectivity index (χ1n) is 28.8. The number of ether oxygens (including phenoxy) is 6. The van der Waals surface area contributed by atoms with Crippen LogP contribution in [-0.4, -0.2) is 204 Å². The smallest absolute Gasteiger partial charge is 0.462 e. The summed E-state index contributed by atoms with van der Waals surface area (Å²) in [6.07, 6.45) is -0.0849. The second kappa shape index (κ2) is 40.0. The molecule has 24 heteroatoms. The van der Waals surface area contributed by atoms with Crippen molar-refractivity contribution in [1.29, 1.82) is 0 Å². The van der Waals surface area contributed by atoms with E-state index in [-0.39, 0.29) is 12.8 Å². The minimum Gasteiger partial charge on any atom is -0.462 e. The third-order valence-electron chi connectivity index (χ3n) is 14.2. The molecule has 10 unspecified atom stereocenters. The Balaban J connectivity index is 1.72. The molecule has 1 aliphatic carbocycles. The Morgan fingerprint density at radius 2 is 0.873 bits per heavy atom. The Morgan fingerprint density at radius 1 is 0.481 bits per heavy atom. The van der Waals surface area contributed by atoms with Crippen LogP contribution in [-0.2, 0) is 51.6 Å². The Bertz CT molecular complexity index is 1720. The molecule has 0 aromatic rings. The van der Waals surface area contributed by atoms with Crippen molar-refractivity contribution in [2.24, 2.45) is 0 Å². The van der Waals surface area contributed by atoms with Crippen molar-refractivity contribution in [3.63, 3.8) is 0 Å². The third kappa shape index (κ3) is 26.0. The first-order valence-corrected chi connectivity index (χ1v) is 30.3. The summed E-state index contributed by atoms with van der Waals surface area (Å²) in [5.74, 6) is -1.36. The van der Waals surface area contributed by atoms with Gasteiger partial charge in [0.15, 0.2) is 18.7 Å². The normalized spacial score (nSPS) is 31.7. The molecule has 12 N–H and O–H groups in total. The molecular weight excluding hydrogens is 1060 g/mol. The van der Waals surface area contributed by atoms with Gasteiger partial charge in [0.1, 0.15) is 92.1 Å². The maximum absolute atomic E-state index is 14.0. The van der Waals surface area contributed by atoms with Gasteiger partial charge in [-0.3, -0.25) is 18.6 Å². The van der Waals surface area contributed by atoms with Gasteiger partial charge in [0, 0.05) is 12.8 Å². The van der Waals surface area contributed by atoms with Crippen LogP contribution in [0.5, 0.6) is 0 Å². The van der Waals surface area contributed by atoms with Gasteiger partial charge in [-0.05, 0) is 70.6 Å². The lowest BCUT2D eigenvalue weighted by Crippen LogP contribution is -2.69. The molecule has 0 amide bonds. The van der Waals surface area contributed by atoms with Crippen molar-refractivity contribution in [1.82, 2.24) is 0 Å². The highest BCUT2D eigenvalue weighted by molar-refractivity contribution is 7.47. The summed E-state index contributed by atoms with van der Waals surface area (Å²) in [4.78, 5) is 37.4. The molecule has 0 spiro atoms. The van der Waals surface area contributed by atoms with E-state index in [0.717, 1.165) is 77.0 Å². The number of carbonyl (C=O) groups excluding carboxylic acids is 2. The van der Waals surface area contributed by atoms with E-state index in [2.05, 4.69) is 50.3 Å². The van der Waals surface area contributed by atoms with E-state index in [1.807, 2.05) is 0 Å². The van der Waals surface area contributed by atoms with Crippen LogP contribution in [0.15, 0.2) is 36.5 Å². The molecule has 0 aromatic heterocycles. The molecule has 1 saturated carbocycles. The number of esters is 2. The molecule has 18 atom stereocenters. The van der Waals surface area contributed by atoms with Crippen LogP contribution >= 0.6 is 7.82 Å². The Kier molecular flexibility index (Phi) is 35.9. The molecule has 3 aliphatic rings. The molecule has 79 heavy (non-hydrogen) atoms. The first-order chi connectivity index (χ1) is 37.9. The number of hydrogen-bond donors (Lipinski definition) is 12. The number of carbonyl (C=O) groups is 2. The monoisotopic (exact) mass is 1160 g/mol. The van der Waals surface area contributed by atoms with Gasteiger partial charge in [0.25, 0.3) is 0 Å². The lowest BCUT2D eigenvalue weighted by molar-refractivity contribution is -0.360. The van der Waals surface area contributed by atoms with Crippen LogP contribution in [0, 0.1) is 0 Å². The standard InChI is InChI=1S/C55H97O23P/c1-3-5-7-9-11-13-15-17-18-20-21-23-25-27-29-31-40(58)71-35-37(73-41(59)32-30-28-26-24-22-19-16-14-12-10-8-6-4-2)36-72-79(69,70)78-53-51(76-54-49(67)44(62)42(60)38(33-56)74-54)47(65)46(64)48(66)52(53)77-55-50(68)45(63)43(61)39(34-57)75-55/h11,13-14,16-18,37-39,42-57,60-68H,3-10,12,15,19-36H2,1-2H3,(H,69,70)/b13-11-,16-14-,18-17-/t37-,38?,39?,42-,43+,44?,45?,46?,47?,48?,49-,50+,51-,52?,53?,54-,55+/m1/s1. The molecule has 3 rings (SSSR count). The number of allylic oxidation sites excluding steroid dienone is 6. The maximum atomic E-state index is 14.0. The van der Waals surface area contributed by atoms with Gasteiger partial charge < -0.3 is 89.5 Å². The predicted molar refractivity (Wildman–Crippen MR) is 286 cm³/mol. The largest absolute Gasteiger partial charge is 0.472 e. The van der Waals surface area contributed by atoms with Crippen molar-refractivity contribution >= 4 is 19.8 Å². The fraction of sp³-hybridized carbons (Fsp3) is 0.855. The zero-order chi connectivity index (χ0) is 58.2. The number of hydrogen-bond acceptors (Lipinski definition) is 22. The molecule has 2 aliphatic heterocycles. The second-order valence-electron chi connectivity index (χ2n) is 20.8. The SMILES string of the molecule is CCCCC/C=C\C/C=C\CCCCCCCC(=O)OC[C@H](COP(=O)(O)OC1C(O[C@@H]2OC(CO)[C@H](O)C(O)[C@@H]2O)C(O)C(O)C(O)[C@H]1O[C@H]1OC(CO)[C@@H](O)C(O)[C@H]1O)OC(=O)CCCCCCC/C=C\CCCCCC. The molecule has 0 radical (unpaired) electrons. The van der Waals surface area contributed by atoms with Crippen LogP contribution in [0.2, 0.25) is 0 Å². The van der Waals surface area contributed by atoms with E-state index < -0.39 is 150 Å². The summed E-state index contributed by atoms with van der Waals surface area (Å²) >= 11 is 0. The lowest BCUT2D eigenvalue weighted by Gasteiger charge is -2.49. The highest BCUT2D eigenvalue weighted by Crippen LogP contribution is 2.49. The fourth-order valence-electron chi connectivity index (χ4n) is 9.32.